The highest BCUT2D eigenvalue weighted by molar-refractivity contribution is 5.83. The standard InChI is InChI=1S/C20H17N5O3/c1-13(15-8-7-14-5-2-3-6-16(14)11-15)23-17(26)12-25-19(24-28-20(25)27)18-21-9-4-10-22-18/h2-11,13H,12H2,1H3,(H,23,26). The van der Waals surface area contributed by atoms with E-state index < -0.39 is 5.76 Å². The second-order valence-electron chi connectivity index (χ2n) is 6.33. The van der Waals surface area contributed by atoms with Gasteiger partial charge in [-0.1, -0.05) is 41.6 Å². The fraction of sp³-hybridized carbons (Fsp3) is 0.150. The quantitative estimate of drug-likeness (QED) is 0.574. The lowest BCUT2D eigenvalue weighted by molar-refractivity contribution is -0.122. The largest absolute Gasteiger partial charge is 0.442 e. The van der Waals surface area contributed by atoms with Crippen LogP contribution < -0.4 is 11.1 Å². The van der Waals surface area contributed by atoms with Gasteiger partial charge in [-0.2, -0.15) is 0 Å². The van der Waals surface area contributed by atoms with Gasteiger partial charge in [0.1, 0.15) is 6.54 Å². The zero-order valence-corrected chi connectivity index (χ0v) is 15.1. The summed E-state index contributed by atoms with van der Waals surface area (Å²) in [5.74, 6) is -0.762. The average molecular weight is 375 g/mol. The number of nitrogens with one attached hydrogen (secondary N) is 1. The molecule has 8 nitrogen and oxygen atoms in total. The molecule has 2 aromatic carbocycles. The molecule has 4 aromatic rings. The molecule has 0 spiro atoms. The number of amides is 1. The Bertz CT molecular complexity index is 1180. The summed E-state index contributed by atoms with van der Waals surface area (Å²) in [6, 6.07) is 15.5. The SMILES string of the molecule is CC(NC(=O)Cn1c(-c2ncccn2)noc1=O)c1ccc2ccccc2c1. The summed E-state index contributed by atoms with van der Waals surface area (Å²) in [7, 11) is 0. The molecular formula is C20H17N5O3. The van der Waals surface area contributed by atoms with E-state index in [9.17, 15) is 9.59 Å². The Balaban J connectivity index is 1.51. The van der Waals surface area contributed by atoms with Crippen LogP contribution in [0.3, 0.4) is 0 Å². The Morgan fingerprint density at radius 1 is 1.11 bits per heavy atom. The summed E-state index contributed by atoms with van der Waals surface area (Å²) < 4.78 is 5.80. The lowest BCUT2D eigenvalue weighted by atomic mass is 10.0. The molecule has 0 saturated heterocycles. The molecule has 1 N–H and O–H groups in total. The number of carbonyl (C=O) groups excluding carboxylic acids is 1. The van der Waals surface area contributed by atoms with Gasteiger partial charge in [-0.15, -0.1) is 0 Å². The van der Waals surface area contributed by atoms with Gasteiger partial charge in [-0.3, -0.25) is 9.32 Å². The van der Waals surface area contributed by atoms with Gasteiger partial charge in [0.2, 0.25) is 11.7 Å². The van der Waals surface area contributed by atoms with Crippen LogP contribution in [0.5, 0.6) is 0 Å². The van der Waals surface area contributed by atoms with Gasteiger partial charge in [0.05, 0.1) is 6.04 Å². The van der Waals surface area contributed by atoms with Gasteiger partial charge in [0.15, 0.2) is 5.82 Å². The second kappa shape index (κ2) is 7.43. The Morgan fingerprint density at radius 2 is 1.86 bits per heavy atom. The molecule has 1 unspecified atom stereocenters. The molecule has 0 aliphatic rings. The minimum absolute atomic E-state index is 0.110. The predicted octanol–water partition coefficient (Wildman–Crippen LogP) is 2.32. The van der Waals surface area contributed by atoms with Crippen molar-refractivity contribution in [2.45, 2.75) is 19.5 Å². The molecule has 1 amide bonds. The van der Waals surface area contributed by atoms with E-state index in [-0.39, 0.29) is 30.1 Å². The fourth-order valence-electron chi connectivity index (χ4n) is 2.97. The molecule has 0 aliphatic carbocycles. The van der Waals surface area contributed by atoms with Gasteiger partial charge >= 0.3 is 5.76 Å². The summed E-state index contributed by atoms with van der Waals surface area (Å²) >= 11 is 0. The van der Waals surface area contributed by atoms with E-state index in [1.54, 1.807) is 6.07 Å². The van der Waals surface area contributed by atoms with Gasteiger partial charge in [-0.25, -0.2) is 19.3 Å². The van der Waals surface area contributed by atoms with Crippen LogP contribution in [0.1, 0.15) is 18.5 Å². The van der Waals surface area contributed by atoms with Gasteiger partial charge in [0, 0.05) is 12.4 Å². The van der Waals surface area contributed by atoms with Gasteiger partial charge in [-0.05, 0) is 35.4 Å². The number of hydrogen-bond acceptors (Lipinski definition) is 6. The van der Waals surface area contributed by atoms with Crippen LogP contribution >= 0.6 is 0 Å². The van der Waals surface area contributed by atoms with Gasteiger partial charge < -0.3 is 5.32 Å². The van der Waals surface area contributed by atoms with Crippen LogP contribution in [0, 0.1) is 0 Å². The Morgan fingerprint density at radius 3 is 2.64 bits per heavy atom. The van der Waals surface area contributed by atoms with Gasteiger partial charge in [0.25, 0.3) is 0 Å². The first-order valence-corrected chi connectivity index (χ1v) is 8.74. The molecule has 1 atom stereocenters. The summed E-state index contributed by atoms with van der Waals surface area (Å²) in [5.41, 5.74) is 0.969. The van der Waals surface area contributed by atoms with Crippen LogP contribution in [0.2, 0.25) is 0 Å². The molecule has 2 aromatic heterocycles. The van der Waals surface area contributed by atoms with Crippen molar-refractivity contribution in [3.63, 3.8) is 0 Å². The zero-order valence-electron chi connectivity index (χ0n) is 15.1. The van der Waals surface area contributed by atoms with Crippen LogP contribution in [-0.4, -0.2) is 25.6 Å². The number of hydrogen-bond donors (Lipinski definition) is 1. The van der Waals surface area contributed by atoms with Crippen molar-refractivity contribution in [3.05, 3.63) is 77.0 Å². The maximum Gasteiger partial charge on any atom is 0.442 e. The first kappa shape index (κ1) is 17.6. The Kier molecular flexibility index (Phi) is 4.67. The normalized spacial score (nSPS) is 12.0. The molecule has 2 heterocycles. The second-order valence-corrected chi connectivity index (χ2v) is 6.33. The highest BCUT2D eigenvalue weighted by Gasteiger charge is 2.19. The third kappa shape index (κ3) is 3.52. The summed E-state index contributed by atoms with van der Waals surface area (Å²) in [6.45, 7) is 1.65. The number of rotatable bonds is 5. The monoisotopic (exact) mass is 375 g/mol. The van der Waals surface area contributed by atoms with Crippen LogP contribution in [-0.2, 0) is 11.3 Å². The number of benzene rings is 2. The highest BCUT2D eigenvalue weighted by atomic mass is 16.5. The molecule has 0 fully saturated rings. The summed E-state index contributed by atoms with van der Waals surface area (Å²) in [5, 5.41) is 8.81. The van der Waals surface area contributed by atoms with E-state index in [1.165, 1.54) is 12.4 Å². The van der Waals surface area contributed by atoms with E-state index >= 15 is 0 Å². The van der Waals surface area contributed by atoms with E-state index in [4.69, 9.17) is 0 Å². The number of nitrogens with zero attached hydrogens (tertiary/aromatic N) is 4. The topological polar surface area (TPSA) is 103 Å². The van der Waals surface area contributed by atoms with Crippen LogP contribution in [0.25, 0.3) is 22.4 Å². The lowest BCUT2D eigenvalue weighted by Crippen LogP contribution is -2.33. The number of aromatic nitrogens is 4. The van der Waals surface area contributed by atoms with E-state index in [0.717, 1.165) is 20.9 Å². The minimum Gasteiger partial charge on any atom is -0.348 e. The molecule has 0 bridgehead atoms. The third-order valence-corrected chi connectivity index (χ3v) is 4.40. The lowest BCUT2D eigenvalue weighted by Gasteiger charge is -2.15. The molecule has 140 valence electrons. The van der Waals surface area contributed by atoms with Crippen molar-refractivity contribution in [1.82, 2.24) is 25.0 Å². The average Bonchev–Trinajstić information content (AvgIpc) is 3.08. The number of carbonyl (C=O) groups is 1. The molecule has 28 heavy (non-hydrogen) atoms. The maximum atomic E-state index is 12.5. The predicted molar refractivity (Wildman–Crippen MR) is 102 cm³/mol. The van der Waals surface area contributed by atoms with E-state index in [2.05, 4.69) is 25.0 Å². The van der Waals surface area contributed by atoms with Crippen molar-refractivity contribution in [3.8, 4) is 11.6 Å². The Hall–Kier alpha value is -3.81. The van der Waals surface area contributed by atoms with Crippen molar-refractivity contribution < 1.29 is 9.32 Å². The third-order valence-electron chi connectivity index (χ3n) is 4.40. The van der Waals surface area contributed by atoms with Crippen LogP contribution in [0.15, 0.2) is 70.2 Å². The summed E-state index contributed by atoms with van der Waals surface area (Å²) in [6.07, 6.45) is 3.04. The Labute approximate surface area is 159 Å². The van der Waals surface area contributed by atoms with Crippen LogP contribution in [0.4, 0.5) is 0 Å². The first-order chi connectivity index (χ1) is 13.6. The molecule has 4 rings (SSSR count). The molecule has 0 aliphatic heterocycles. The first-order valence-electron chi connectivity index (χ1n) is 8.74. The minimum atomic E-state index is -0.740. The number of fused-ring (bicyclic) bond motifs is 1. The van der Waals surface area contributed by atoms with E-state index in [0.29, 0.717) is 0 Å². The van der Waals surface area contributed by atoms with Crippen molar-refractivity contribution in [2.75, 3.05) is 0 Å². The molecular weight excluding hydrogens is 358 g/mol. The zero-order chi connectivity index (χ0) is 19.5. The van der Waals surface area contributed by atoms with Crippen molar-refractivity contribution in [2.24, 2.45) is 0 Å². The molecule has 0 radical (unpaired) electrons. The summed E-state index contributed by atoms with van der Waals surface area (Å²) in [4.78, 5) is 32.5. The van der Waals surface area contributed by atoms with Crippen molar-refractivity contribution >= 4 is 16.7 Å². The smallest absolute Gasteiger partial charge is 0.348 e. The van der Waals surface area contributed by atoms with E-state index in [1.807, 2.05) is 49.4 Å². The van der Waals surface area contributed by atoms with Crippen molar-refractivity contribution in [1.29, 1.82) is 0 Å². The molecule has 0 saturated carbocycles. The fourth-order valence-corrected chi connectivity index (χ4v) is 2.97. The highest BCUT2D eigenvalue weighted by Crippen LogP contribution is 2.20. The molecule has 8 heteroatoms. The maximum absolute atomic E-state index is 12.5.